The van der Waals surface area contributed by atoms with Gasteiger partial charge in [0, 0.05) is 12.1 Å². The van der Waals surface area contributed by atoms with E-state index in [0.29, 0.717) is 12.1 Å². The number of primary sulfonamides is 1. The summed E-state index contributed by atoms with van der Waals surface area (Å²) >= 11 is 0. The lowest BCUT2D eigenvalue weighted by Crippen LogP contribution is -2.18. The summed E-state index contributed by atoms with van der Waals surface area (Å²) in [7, 11) is -3.63. The molecule has 1 aromatic heterocycles. The molecular weight excluding hydrogens is 178 g/mol. The van der Waals surface area contributed by atoms with Crippen molar-refractivity contribution >= 4 is 10.0 Å². The van der Waals surface area contributed by atoms with Gasteiger partial charge in [-0.1, -0.05) is 0 Å². The molecule has 0 aliphatic carbocycles. The molecule has 1 rings (SSSR count). The first kappa shape index (κ1) is 9.21. The minimum Gasteiger partial charge on any atom is -0.253 e. The van der Waals surface area contributed by atoms with Crippen molar-refractivity contribution in [2.24, 2.45) is 5.14 Å². The topological polar surface area (TPSA) is 78.0 Å². The molecule has 0 saturated carbocycles. The molecule has 68 valence electrons. The van der Waals surface area contributed by atoms with E-state index >= 15 is 0 Å². The van der Waals surface area contributed by atoms with Crippen LogP contribution in [0.5, 0.6) is 0 Å². The Hall–Kier alpha value is -0.880. The zero-order valence-corrected chi connectivity index (χ0v) is 7.80. The van der Waals surface area contributed by atoms with E-state index in [2.05, 4.69) is 5.10 Å². The molecule has 12 heavy (non-hydrogen) atoms. The number of rotatable bonds is 2. The number of hydrogen-bond acceptors (Lipinski definition) is 3. The molecule has 0 atom stereocenters. The molecule has 0 aliphatic heterocycles. The van der Waals surface area contributed by atoms with Gasteiger partial charge in [-0.2, -0.15) is 5.10 Å². The molecule has 0 aromatic carbocycles. The van der Waals surface area contributed by atoms with Crippen LogP contribution >= 0.6 is 0 Å². The summed E-state index contributed by atoms with van der Waals surface area (Å²) in [5, 5.41) is 8.95. The third-order valence-corrected chi connectivity index (χ3v) is 2.60. The Bertz CT molecular complexity index is 379. The van der Waals surface area contributed by atoms with Gasteiger partial charge in [-0.05, 0) is 13.8 Å². The quantitative estimate of drug-likeness (QED) is 0.703. The van der Waals surface area contributed by atoms with Gasteiger partial charge in [0.1, 0.15) is 0 Å². The van der Waals surface area contributed by atoms with Crippen molar-refractivity contribution in [2.75, 3.05) is 0 Å². The van der Waals surface area contributed by atoms with Crippen molar-refractivity contribution < 1.29 is 8.42 Å². The van der Waals surface area contributed by atoms with Crippen molar-refractivity contribution in [1.29, 1.82) is 0 Å². The fraction of sp³-hybridized carbons (Fsp3) is 0.500. The zero-order valence-electron chi connectivity index (χ0n) is 6.98. The molecule has 1 heterocycles. The summed E-state index contributed by atoms with van der Waals surface area (Å²) in [6.45, 7) is 3.97. The van der Waals surface area contributed by atoms with Crippen molar-refractivity contribution in [2.45, 2.75) is 25.4 Å². The molecule has 0 amide bonds. The first-order valence-electron chi connectivity index (χ1n) is 3.52. The number of hydrogen-bond donors (Lipinski definition) is 1. The van der Waals surface area contributed by atoms with E-state index in [9.17, 15) is 8.42 Å². The number of aryl methyl sites for hydroxylation is 2. The molecule has 0 bridgehead atoms. The lowest BCUT2D eigenvalue weighted by Gasteiger charge is -2.01. The molecule has 1 aromatic rings. The van der Waals surface area contributed by atoms with E-state index in [1.807, 2.05) is 0 Å². The second-order valence-corrected chi connectivity index (χ2v) is 3.97. The SMILES string of the molecule is CCn1ncc(C)c1S(N)(=O)=O. The fourth-order valence-electron chi connectivity index (χ4n) is 1.06. The van der Waals surface area contributed by atoms with Crippen LogP contribution in [0.25, 0.3) is 0 Å². The van der Waals surface area contributed by atoms with E-state index in [0.717, 1.165) is 0 Å². The first-order chi connectivity index (χ1) is 5.46. The van der Waals surface area contributed by atoms with Gasteiger partial charge in [0.2, 0.25) is 0 Å². The normalized spacial score (nSPS) is 11.9. The average Bonchev–Trinajstić information content (AvgIpc) is 2.29. The lowest BCUT2D eigenvalue weighted by atomic mass is 10.4. The van der Waals surface area contributed by atoms with Gasteiger partial charge in [0.05, 0.1) is 6.20 Å². The van der Waals surface area contributed by atoms with Crippen LogP contribution in [0.4, 0.5) is 0 Å². The second-order valence-electron chi connectivity index (χ2n) is 2.49. The highest BCUT2D eigenvalue weighted by atomic mass is 32.2. The Morgan fingerprint density at radius 1 is 1.67 bits per heavy atom. The summed E-state index contributed by atoms with van der Waals surface area (Å²) in [5.41, 5.74) is 0.583. The number of sulfonamides is 1. The first-order valence-corrected chi connectivity index (χ1v) is 5.06. The van der Waals surface area contributed by atoms with Crippen LogP contribution in [0.3, 0.4) is 0 Å². The molecule has 0 aliphatic rings. The summed E-state index contributed by atoms with van der Waals surface area (Å²) in [6.07, 6.45) is 1.49. The van der Waals surface area contributed by atoms with Gasteiger partial charge in [-0.25, -0.2) is 13.6 Å². The Labute approximate surface area is 71.2 Å². The van der Waals surface area contributed by atoms with Crippen molar-refractivity contribution in [3.05, 3.63) is 11.8 Å². The summed E-state index contributed by atoms with van der Waals surface area (Å²) in [4.78, 5) is 0. The van der Waals surface area contributed by atoms with Gasteiger partial charge < -0.3 is 0 Å². The lowest BCUT2D eigenvalue weighted by molar-refractivity contribution is 0.554. The Balaban J connectivity index is 3.39. The van der Waals surface area contributed by atoms with Crippen LogP contribution in [0.1, 0.15) is 12.5 Å². The van der Waals surface area contributed by atoms with E-state index in [-0.39, 0.29) is 5.03 Å². The highest BCUT2D eigenvalue weighted by molar-refractivity contribution is 7.89. The predicted octanol–water partition coefficient (Wildman–Crippen LogP) is -0.141. The summed E-state index contributed by atoms with van der Waals surface area (Å²) in [6, 6.07) is 0. The summed E-state index contributed by atoms with van der Waals surface area (Å²) < 4.78 is 23.4. The molecule has 6 heteroatoms. The van der Waals surface area contributed by atoms with Gasteiger partial charge in [-0.15, -0.1) is 0 Å². The van der Waals surface area contributed by atoms with E-state index in [1.165, 1.54) is 10.9 Å². The highest BCUT2D eigenvalue weighted by Crippen LogP contribution is 2.11. The average molecular weight is 189 g/mol. The van der Waals surface area contributed by atoms with Crippen LogP contribution in [0.15, 0.2) is 11.2 Å². The molecule has 0 fully saturated rings. The minimum atomic E-state index is -3.63. The molecule has 0 radical (unpaired) electrons. The highest BCUT2D eigenvalue weighted by Gasteiger charge is 2.17. The van der Waals surface area contributed by atoms with E-state index < -0.39 is 10.0 Å². The van der Waals surface area contributed by atoms with Crippen LogP contribution in [0, 0.1) is 6.92 Å². The molecule has 0 saturated heterocycles. The second kappa shape index (κ2) is 2.87. The monoisotopic (exact) mass is 189 g/mol. The predicted molar refractivity (Wildman–Crippen MR) is 44.0 cm³/mol. The fourth-order valence-corrected chi connectivity index (χ4v) is 2.04. The van der Waals surface area contributed by atoms with Crippen LogP contribution in [0.2, 0.25) is 0 Å². The molecule has 5 nitrogen and oxygen atoms in total. The number of nitrogens with two attached hydrogens (primary N) is 1. The van der Waals surface area contributed by atoms with Crippen LogP contribution in [-0.2, 0) is 16.6 Å². The Morgan fingerprint density at radius 3 is 2.58 bits per heavy atom. The van der Waals surface area contributed by atoms with Gasteiger partial charge in [0.25, 0.3) is 10.0 Å². The zero-order chi connectivity index (χ0) is 9.35. The van der Waals surface area contributed by atoms with Crippen molar-refractivity contribution in [3.63, 3.8) is 0 Å². The maximum Gasteiger partial charge on any atom is 0.255 e. The third-order valence-electron chi connectivity index (χ3n) is 1.53. The van der Waals surface area contributed by atoms with Crippen LogP contribution < -0.4 is 5.14 Å². The van der Waals surface area contributed by atoms with E-state index in [4.69, 9.17) is 5.14 Å². The Kier molecular flexibility index (Phi) is 2.20. The molecular formula is C6H11N3O2S. The maximum absolute atomic E-state index is 11.0. The van der Waals surface area contributed by atoms with Gasteiger partial charge in [-0.3, -0.25) is 4.68 Å². The number of aromatic nitrogens is 2. The Morgan fingerprint density at radius 2 is 2.25 bits per heavy atom. The third kappa shape index (κ3) is 1.49. The van der Waals surface area contributed by atoms with E-state index in [1.54, 1.807) is 13.8 Å². The largest absolute Gasteiger partial charge is 0.255 e. The van der Waals surface area contributed by atoms with Gasteiger partial charge in [0.15, 0.2) is 5.03 Å². The van der Waals surface area contributed by atoms with Crippen LogP contribution in [-0.4, -0.2) is 18.2 Å². The molecule has 0 unspecified atom stereocenters. The smallest absolute Gasteiger partial charge is 0.253 e. The minimum absolute atomic E-state index is 0.102. The standard InChI is InChI=1S/C6H11N3O2S/c1-3-9-6(12(7,10)11)5(2)4-8-9/h4H,3H2,1-2H3,(H2,7,10,11). The molecule has 0 spiro atoms. The van der Waals surface area contributed by atoms with Gasteiger partial charge >= 0.3 is 0 Å². The molecule has 2 N–H and O–H groups in total. The summed E-state index contributed by atoms with van der Waals surface area (Å²) in [5.74, 6) is 0. The maximum atomic E-state index is 11.0. The van der Waals surface area contributed by atoms with Crippen molar-refractivity contribution in [1.82, 2.24) is 9.78 Å². The number of nitrogens with zero attached hydrogens (tertiary/aromatic N) is 2. The van der Waals surface area contributed by atoms with Crippen molar-refractivity contribution in [3.8, 4) is 0 Å².